The van der Waals surface area contributed by atoms with E-state index in [1.807, 2.05) is 51.1 Å². The normalized spacial score (nSPS) is 10.1. The third kappa shape index (κ3) is 10.2. The van der Waals surface area contributed by atoms with Gasteiger partial charge >= 0.3 is 17.9 Å². The molecule has 0 radical (unpaired) electrons. The lowest BCUT2D eigenvalue weighted by Gasteiger charge is -2.10. The molecular formula is C28H32N2O7. The number of carbonyl (C=O) groups excluding carboxylic acids is 3. The van der Waals surface area contributed by atoms with E-state index < -0.39 is 11.9 Å². The molecule has 0 aliphatic heterocycles. The number of hydrogen-bond acceptors (Lipinski definition) is 9. The molecule has 1 N–H and O–H groups in total. The molecule has 1 heterocycles. The summed E-state index contributed by atoms with van der Waals surface area (Å²) in [6.07, 6.45) is 0.585. The van der Waals surface area contributed by atoms with E-state index in [9.17, 15) is 14.4 Å². The molecule has 0 atom stereocenters. The maximum atomic E-state index is 11.9. The van der Waals surface area contributed by atoms with Crippen LogP contribution in [-0.4, -0.2) is 33.0 Å². The number of benzene rings is 2. The first kappa shape index (κ1) is 29.1. The molecule has 37 heavy (non-hydrogen) atoms. The number of aromatic nitrogens is 2. The summed E-state index contributed by atoms with van der Waals surface area (Å²) < 4.78 is 15.3. The largest absolute Gasteiger partial charge is 0.461 e. The molecular weight excluding hydrogens is 476 g/mol. The molecule has 0 fully saturated rings. The van der Waals surface area contributed by atoms with E-state index >= 15 is 0 Å². The van der Waals surface area contributed by atoms with Crippen LogP contribution in [0.3, 0.4) is 0 Å². The second-order valence-electron chi connectivity index (χ2n) is 8.20. The van der Waals surface area contributed by atoms with Gasteiger partial charge in [-0.25, -0.2) is 0 Å². The number of aryl methyl sites for hydroxylation is 4. The molecule has 0 saturated heterocycles. The summed E-state index contributed by atoms with van der Waals surface area (Å²) in [5.74, 6) is -1.08. The Morgan fingerprint density at radius 2 is 1.41 bits per heavy atom. The van der Waals surface area contributed by atoms with Gasteiger partial charge in [0.25, 0.3) is 0 Å². The van der Waals surface area contributed by atoms with E-state index in [1.165, 1.54) is 19.9 Å². The van der Waals surface area contributed by atoms with E-state index in [2.05, 4.69) is 9.97 Å². The van der Waals surface area contributed by atoms with Crippen LogP contribution >= 0.6 is 0 Å². The fraction of sp³-hybridized carbons (Fsp3) is 0.321. The van der Waals surface area contributed by atoms with Crippen LogP contribution in [0.2, 0.25) is 0 Å². The fourth-order valence-corrected chi connectivity index (χ4v) is 3.15. The number of rotatable bonds is 8. The first-order valence-corrected chi connectivity index (χ1v) is 11.7. The first-order valence-electron chi connectivity index (χ1n) is 11.7. The number of aliphatic hydroxyl groups excluding tert-OH is 1. The number of ether oxygens (including phenoxy) is 3. The van der Waals surface area contributed by atoms with Crippen molar-refractivity contribution in [1.29, 1.82) is 0 Å². The SMILES string of the molecule is CC(=O)Oc1ccc(CCC(=O)OCc2ccccc2)cc1OC(C)=O.Cc1nc(C)c(CO)nc1C. The van der Waals surface area contributed by atoms with Gasteiger partial charge in [0.15, 0.2) is 11.5 Å². The fourth-order valence-electron chi connectivity index (χ4n) is 3.15. The molecule has 0 bridgehead atoms. The summed E-state index contributed by atoms with van der Waals surface area (Å²) >= 11 is 0. The lowest BCUT2D eigenvalue weighted by molar-refractivity contribution is -0.145. The van der Waals surface area contributed by atoms with Crippen molar-refractivity contribution in [3.8, 4) is 11.5 Å². The summed E-state index contributed by atoms with van der Waals surface area (Å²) in [6, 6.07) is 14.2. The molecule has 0 unspecified atom stereocenters. The molecule has 196 valence electrons. The van der Waals surface area contributed by atoms with Crippen LogP contribution in [0.4, 0.5) is 0 Å². The predicted octanol–water partition coefficient (Wildman–Crippen LogP) is 4.11. The molecule has 0 aliphatic carbocycles. The van der Waals surface area contributed by atoms with Gasteiger partial charge in [-0.3, -0.25) is 24.4 Å². The second kappa shape index (κ2) is 14.4. The highest BCUT2D eigenvalue weighted by Gasteiger charge is 2.12. The van der Waals surface area contributed by atoms with E-state index in [1.54, 1.807) is 12.1 Å². The highest BCUT2D eigenvalue weighted by Crippen LogP contribution is 2.29. The van der Waals surface area contributed by atoms with Gasteiger partial charge in [0.2, 0.25) is 0 Å². The number of aliphatic hydroxyl groups is 1. The second-order valence-corrected chi connectivity index (χ2v) is 8.20. The van der Waals surface area contributed by atoms with Gasteiger partial charge in [0.1, 0.15) is 6.61 Å². The third-order valence-electron chi connectivity index (χ3n) is 5.11. The Balaban J connectivity index is 0.000000364. The Morgan fingerprint density at radius 3 is 2.03 bits per heavy atom. The molecule has 3 aromatic rings. The van der Waals surface area contributed by atoms with Gasteiger partial charge in [0, 0.05) is 20.3 Å². The van der Waals surface area contributed by atoms with Gasteiger partial charge in [-0.2, -0.15) is 0 Å². The lowest BCUT2D eigenvalue weighted by atomic mass is 10.1. The zero-order valence-corrected chi connectivity index (χ0v) is 21.7. The van der Waals surface area contributed by atoms with Crippen LogP contribution < -0.4 is 9.47 Å². The van der Waals surface area contributed by atoms with Crippen LogP contribution in [0.1, 0.15) is 54.2 Å². The van der Waals surface area contributed by atoms with Crippen molar-refractivity contribution in [3.05, 3.63) is 82.4 Å². The monoisotopic (exact) mass is 508 g/mol. The Bertz CT molecular complexity index is 1230. The third-order valence-corrected chi connectivity index (χ3v) is 5.11. The molecule has 0 amide bonds. The highest BCUT2D eigenvalue weighted by atomic mass is 16.6. The summed E-state index contributed by atoms with van der Waals surface area (Å²) in [7, 11) is 0. The Labute approximate surface area is 216 Å². The smallest absolute Gasteiger partial charge is 0.308 e. The number of nitrogens with zero attached hydrogens (tertiary/aromatic N) is 2. The zero-order valence-electron chi connectivity index (χ0n) is 21.7. The van der Waals surface area contributed by atoms with Crippen LogP contribution in [0.15, 0.2) is 48.5 Å². The van der Waals surface area contributed by atoms with Crippen molar-refractivity contribution < 1.29 is 33.7 Å². The van der Waals surface area contributed by atoms with Crippen molar-refractivity contribution >= 4 is 17.9 Å². The summed E-state index contributed by atoms with van der Waals surface area (Å²) in [5, 5.41) is 8.83. The topological polar surface area (TPSA) is 125 Å². The molecule has 0 saturated carbocycles. The average Bonchev–Trinajstić information content (AvgIpc) is 2.85. The minimum Gasteiger partial charge on any atom is -0.461 e. The Kier molecular flexibility index (Phi) is 11.4. The number of hydrogen-bond donors (Lipinski definition) is 1. The minimum atomic E-state index is -0.530. The summed E-state index contributed by atoms with van der Waals surface area (Å²) in [6.45, 7) is 8.37. The van der Waals surface area contributed by atoms with Crippen molar-refractivity contribution in [2.24, 2.45) is 0 Å². The van der Waals surface area contributed by atoms with Crippen molar-refractivity contribution in [2.45, 2.75) is 60.7 Å². The number of esters is 3. The molecule has 0 spiro atoms. The van der Waals surface area contributed by atoms with Crippen molar-refractivity contribution in [1.82, 2.24) is 9.97 Å². The maximum absolute atomic E-state index is 11.9. The van der Waals surface area contributed by atoms with Crippen molar-refractivity contribution in [3.63, 3.8) is 0 Å². The van der Waals surface area contributed by atoms with E-state index in [0.717, 1.165) is 28.2 Å². The Hall–Kier alpha value is -4.11. The summed E-state index contributed by atoms with van der Waals surface area (Å²) in [4.78, 5) is 42.6. The molecule has 3 rings (SSSR count). The van der Waals surface area contributed by atoms with E-state index in [-0.39, 0.29) is 37.1 Å². The van der Waals surface area contributed by atoms with E-state index in [0.29, 0.717) is 12.1 Å². The number of carbonyl (C=O) groups is 3. The molecule has 1 aromatic heterocycles. The van der Waals surface area contributed by atoms with E-state index in [4.69, 9.17) is 19.3 Å². The van der Waals surface area contributed by atoms with Gasteiger partial charge in [-0.15, -0.1) is 0 Å². The predicted molar refractivity (Wildman–Crippen MR) is 136 cm³/mol. The Morgan fingerprint density at radius 1 is 0.784 bits per heavy atom. The molecule has 2 aromatic carbocycles. The van der Waals surface area contributed by atoms with Gasteiger partial charge in [-0.1, -0.05) is 36.4 Å². The van der Waals surface area contributed by atoms with Gasteiger partial charge < -0.3 is 19.3 Å². The van der Waals surface area contributed by atoms with Crippen LogP contribution in [0.5, 0.6) is 11.5 Å². The average molecular weight is 509 g/mol. The molecule has 9 nitrogen and oxygen atoms in total. The molecule has 9 heteroatoms. The quantitative estimate of drug-likeness (QED) is 0.353. The van der Waals surface area contributed by atoms with Crippen LogP contribution in [-0.2, 0) is 38.8 Å². The molecule has 0 aliphatic rings. The van der Waals surface area contributed by atoms with Crippen LogP contribution in [0, 0.1) is 20.8 Å². The lowest BCUT2D eigenvalue weighted by Crippen LogP contribution is -2.08. The highest BCUT2D eigenvalue weighted by molar-refractivity contribution is 5.74. The maximum Gasteiger partial charge on any atom is 0.308 e. The zero-order chi connectivity index (χ0) is 27.4. The standard InChI is InChI=1S/C20H20O6.C8H12N2O/c1-14(21)25-18-10-8-16(12-19(18)26-15(2)22)9-11-20(23)24-13-17-6-4-3-5-7-17;1-5-6(2)10-8(4-11)7(3)9-5/h3-8,10,12H,9,11,13H2,1-2H3;11H,4H2,1-3H3. The summed E-state index contributed by atoms with van der Waals surface area (Å²) in [5.41, 5.74) is 4.99. The van der Waals surface area contributed by atoms with Gasteiger partial charge in [-0.05, 0) is 50.5 Å². The van der Waals surface area contributed by atoms with Crippen molar-refractivity contribution in [2.75, 3.05) is 0 Å². The van der Waals surface area contributed by atoms with Crippen LogP contribution in [0.25, 0.3) is 0 Å². The minimum absolute atomic E-state index is 0.0278. The first-order chi connectivity index (χ1) is 17.6. The van der Waals surface area contributed by atoms with Gasteiger partial charge in [0.05, 0.1) is 29.4 Å².